The van der Waals surface area contributed by atoms with Gasteiger partial charge in [-0.15, -0.1) is 0 Å². The lowest BCUT2D eigenvalue weighted by Gasteiger charge is -2.13. The topological polar surface area (TPSA) is 87.0 Å². The van der Waals surface area contributed by atoms with Gasteiger partial charge >= 0.3 is 0 Å². The molecule has 0 bridgehead atoms. The summed E-state index contributed by atoms with van der Waals surface area (Å²) < 4.78 is 12.6. The summed E-state index contributed by atoms with van der Waals surface area (Å²) in [6.45, 7) is 2.99. The van der Waals surface area contributed by atoms with E-state index in [0.717, 1.165) is 29.3 Å². The lowest BCUT2D eigenvalue weighted by Crippen LogP contribution is -2.28. The van der Waals surface area contributed by atoms with Gasteiger partial charge in [0.25, 0.3) is 5.91 Å². The number of carbonyl (C=O) groups excluding carboxylic acids is 1. The van der Waals surface area contributed by atoms with Crippen LogP contribution in [0.3, 0.4) is 0 Å². The maximum Gasteiger partial charge on any atom is 0.268 e. The van der Waals surface area contributed by atoms with Crippen LogP contribution >= 0.6 is 0 Å². The van der Waals surface area contributed by atoms with E-state index in [1.54, 1.807) is 24.2 Å². The van der Waals surface area contributed by atoms with Crippen LogP contribution < -0.4 is 10.1 Å². The van der Waals surface area contributed by atoms with Crippen LogP contribution in [0, 0.1) is 0 Å². The van der Waals surface area contributed by atoms with Crippen LogP contribution in [0.4, 0.5) is 5.69 Å². The van der Waals surface area contributed by atoms with Crippen LogP contribution in [0.25, 0.3) is 10.8 Å². The predicted octanol–water partition coefficient (Wildman–Crippen LogP) is 3.56. The Labute approximate surface area is 174 Å². The van der Waals surface area contributed by atoms with Crippen molar-refractivity contribution in [1.29, 1.82) is 0 Å². The molecule has 0 saturated carbocycles. The summed E-state index contributed by atoms with van der Waals surface area (Å²) in [7, 11) is 1.57. The number of amides is 1. The van der Waals surface area contributed by atoms with Gasteiger partial charge in [-0.05, 0) is 23.3 Å². The molecule has 3 aromatic rings. The summed E-state index contributed by atoms with van der Waals surface area (Å²) in [5.74, 6) is 0.379. The number of fused-ring (bicyclic) bond motifs is 1. The fraction of sp³-hybridized carbons (Fsp3) is 0.318. The SMILES string of the molecule is CCCn1cc(NC(=O)C2CC(c3c(OCOC)ccc4ccccc34)=NO2)cn1. The molecule has 0 aliphatic carbocycles. The Morgan fingerprint density at radius 3 is 3.00 bits per heavy atom. The second kappa shape index (κ2) is 8.96. The molecular formula is C22H24N4O4. The van der Waals surface area contributed by atoms with Gasteiger partial charge in [0.15, 0.2) is 6.79 Å². The molecule has 1 amide bonds. The van der Waals surface area contributed by atoms with Crippen LogP contribution in [-0.4, -0.2) is 41.4 Å². The molecule has 0 saturated heterocycles. The number of carbonyl (C=O) groups is 1. The lowest BCUT2D eigenvalue weighted by atomic mass is 9.97. The fourth-order valence-electron chi connectivity index (χ4n) is 3.46. The number of ether oxygens (including phenoxy) is 2. The van der Waals surface area contributed by atoms with E-state index < -0.39 is 6.10 Å². The minimum absolute atomic E-state index is 0.116. The highest BCUT2D eigenvalue weighted by molar-refractivity contribution is 6.15. The quantitative estimate of drug-likeness (QED) is 0.576. The lowest BCUT2D eigenvalue weighted by molar-refractivity contribution is -0.125. The molecule has 156 valence electrons. The standard InChI is InChI=1S/C22H24N4O4/c1-3-10-26-13-16(12-23-26)24-22(27)20-11-18(25-30-20)21-17-7-5-4-6-15(17)8-9-19(21)29-14-28-2/h4-9,12-13,20H,3,10-11,14H2,1-2H3,(H,24,27). The van der Waals surface area contributed by atoms with Gasteiger partial charge in [0, 0.05) is 31.8 Å². The molecule has 0 radical (unpaired) electrons. The van der Waals surface area contributed by atoms with E-state index >= 15 is 0 Å². The van der Waals surface area contributed by atoms with Crippen molar-refractivity contribution < 1.29 is 19.1 Å². The number of hydrogen-bond donors (Lipinski definition) is 1. The number of rotatable bonds is 8. The molecule has 30 heavy (non-hydrogen) atoms. The molecule has 0 spiro atoms. The van der Waals surface area contributed by atoms with Crippen LogP contribution in [-0.2, 0) is 20.9 Å². The Balaban J connectivity index is 1.53. The number of aromatic nitrogens is 2. The molecule has 8 nitrogen and oxygen atoms in total. The average Bonchev–Trinajstić information content (AvgIpc) is 3.42. The third kappa shape index (κ3) is 4.13. The van der Waals surface area contributed by atoms with Crippen molar-refractivity contribution in [3.63, 3.8) is 0 Å². The first-order valence-electron chi connectivity index (χ1n) is 9.89. The predicted molar refractivity (Wildman–Crippen MR) is 114 cm³/mol. The highest BCUT2D eigenvalue weighted by Crippen LogP contribution is 2.32. The van der Waals surface area contributed by atoms with E-state index in [0.29, 0.717) is 23.6 Å². The summed E-state index contributed by atoms with van der Waals surface area (Å²) in [4.78, 5) is 18.2. The minimum Gasteiger partial charge on any atom is -0.467 e. The van der Waals surface area contributed by atoms with Gasteiger partial charge in [-0.3, -0.25) is 9.48 Å². The molecule has 8 heteroatoms. The monoisotopic (exact) mass is 408 g/mol. The molecule has 1 aliphatic heterocycles. The van der Waals surface area contributed by atoms with E-state index in [2.05, 4.69) is 22.5 Å². The zero-order valence-electron chi connectivity index (χ0n) is 17.0. The van der Waals surface area contributed by atoms with E-state index in [1.165, 1.54) is 0 Å². The fourth-order valence-corrected chi connectivity index (χ4v) is 3.46. The molecule has 1 aliphatic rings. The van der Waals surface area contributed by atoms with Gasteiger partial charge in [0.05, 0.1) is 17.6 Å². The normalized spacial score (nSPS) is 15.7. The van der Waals surface area contributed by atoms with Crippen molar-refractivity contribution in [3.05, 3.63) is 54.4 Å². The zero-order chi connectivity index (χ0) is 20.9. The first-order chi connectivity index (χ1) is 14.7. The zero-order valence-corrected chi connectivity index (χ0v) is 17.0. The van der Waals surface area contributed by atoms with Crippen LogP contribution in [0.1, 0.15) is 25.3 Å². The first-order valence-corrected chi connectivity index (χ1v) is 9.89. The van der Waals surface area contributed by atoms with E-state index in [4.69, 9.17) is 14.3 Å². The summed E-state index contributed by atoms with van der Waals surface area (Å²) in [5.41, 5.74) is 2.12. The molecule has 1 unspecified atom stereocenters. The van der Waals surface area contributed by atoms with E-state index in [-0.39, 0.29) is 12.7 Å². The number of hydrogen-bond acceptors (Lipinski definition) is 6. The number of nitrogens with zero attached hydrogens (tertiary/aromatic N) is 3. The number of nitrogens with one attached hydrogen (secondary N) is 1. The minimum atomic E-state index is -0.719. The Bertz CT molecular complexity index is 1080. The molecule has 1 atom stereocenters. The third-order valence-electron chi connectivity index (χ3n) is 4.83. The van der Waals surface area contributed by atoms with Crippen LogP contribution in [0.15, 0.2) is 53.9 Å². The Hall–Kier alpha value is -3.39. The Kier molecular flexibility index (Phi) is 5.94. The van der Waals surface area contributed by atoms with E-state index in [1.807, 2.05) is 36.4 Å². The largest absolute Gasteiger partial charge is 0.467 e. The van der Waals surface area contributed by atoms with Crippen molar-refractivity contribution in [2.75, 3.05) is 19.2 Å². The summed E-state index contributed by atoms with van der Waals surface area (Å²) in [5, 5.41) is 13.3. The maximum absolute atomic E-state index is 12.7. The number of oxime groups is 1. The summed E-state index contributed by atoms with van der Waals surface area (Å²) in [6.07, 6.45) is 4.03. The van der Waals surface area contributed by atoms with Crippen molar-refractivity contribution in [2.24, 2.45) is 5.16 Å². The number of methoxy groups -OCH3 is 1. The van der Waals surface area contributed by atoms with Gasteiger partial charge in [0.2, 0.25) is 6.10 Å². The van der Waals surface area contributed by atoms with Crippen LogP contribution in [0.2, 0.25) is 0 Å². The molecule has 1 N–H and O–H groups in total. The summed E-state index contributed by atoms with van der Waals surface area (Å²) >= 11 is 0. The second-order valence-corrected chi connectivity index (χ2v) is 7.03. The molecule has 2 heterocycles. The number of benzene rings is 2. The van der Waals surface area contributed by atoms with Crippen molar-refractivity contribution in [3.8, 4) is 5.75 Å². The average molecular weight is 408 g/mol. The van der Waals surface area contributed by atoms with Crippen molar-refractivity contribution >= 4 is 28.1 Å². The smallest absolute Gasteiger partial charge is 0.268 e. The molecule has 4 rings (SSSR count). The van der Waals surface area contributed by atoms with Gasteiger partial charge in [-0.1, -0.05) is 42.4 Å². The Morgan fingerprint density at radius 1 is 1.30 bits per heavy atom. The van der Waals surface area contributed by atoms with Gasteiger partial charge in [-0.2, -0.15) is 5.10 Å². The van der Waals surface area contributed by atoms with Gasteiger partial charge < -0.3 is 19.6 Å². The van der Waals surface area contributed by atoms with Crippen molar-refractivity contribution in [2.45, 2.75) is 32.4 Å². The summed E-state index contributed by atoms with van der Waals surface area (Å²) in [6, 6.07) is 11.8. The number of anilines is 1. The first kappa shape index (κ1) is 19.9. The molecule has 2 aromatic carbocycles. The molecular weight excluding hydrogens is 384 g/mol. The maximum atomic E-state index is 12.7. The van der Waals surface area contributed by atoms with Crippen LogP contribution in [0.5, 0.6) is 5.75 Å². The highest BCUT2D eigenvalue weighted by Gasteiger charge is 2.31. The van der Waals surface area contributed by atoms with Gasteiger partial charge in [-0.25, -0.2) is 0 Å². The van der Waals surface area contributed by atoms with Gasteiger partial charge in [0.1, 0.15) is 5.75 Å². The number of aryl methyl sites for hydroxylation is 1. The molecule has 0 fully saturated rings. The van der Waals surface area contributed by atoms with E-state index in [9.17, 15) is 4.79 Å². The Morgan fingerprint density at radius 2 is 2.17 bits per heavy atom. The highest BCUT2D eigenvalue weighted by atomic mass is 16.7. The second-order valence-electron chi connectivity index (χ2n) is 7.03. The molecule has 1 aromatic heterocycles. The van der Waals surface area contributed by atoms with Crippen molar-refractivity contribution in [1.82, 2.24) is 9.78 Å². The third-order valence-corrected chi connectivity index (χ3v) is 4.83.